The van der Waals surface area contributed by atoms with E-state index in [1.165, 1.54) is 4.80 Å². The lowest BCUT2D eigenvalue weighted by Crippen LogP contribution is -2.65. The molecule has 32 heavy (non-hydrogen) atoms. The van der Waals surface area contributed by atoms with Crippen LogP contribution in [0.15, 0.2) is 53.2 Å². The second-order valence-corrected chi connectivity index (χ2v) is 8.90. The van der Waals surface area contributed by atoms with Crippen molar-refractivity contribution in [3.63, 3.8) is 0 Å². The highest BCUT2D eigenvalue weighted by molar-refractivity contribution is 6.31. The zero-order valence-electron chi connectivity index (χ0n) is 17.5. The molecule has 2 aliphatic heterocycles. The van der Waals surface area contributed by atoms with Crippen LogP contribution in [0.4, 0.5) is 6.01 Å². The predicted molar refractivity (Wildman–Crippen MR) is 120 cm³/mol. The van der Waals surface area contributed by atoms with Gasteiger partial charge < -0.3 is 14.2 Å². The highest BCUT2D eigenvalue weighted by Crippen LogP contribution is 2.38. The normalized spacial score (nSPS) is 20.3. The van der Waals surface area contributed by atoms with Crippen molar-refractivity contribution in [2.75, 3.05) is 24.5 Å². The van der Waals surface area contributed by atoms with E-state index in [1.54, 1.807) is 18.5 Å². The van der Waals surface area contributed by atoms with Crippen LogP contribution in [0.1, 0.15) is 22.3 Å². The summed E-state index contributed by atoms with van der Waals surface area (Å²) in [4.78, 5) is 23.8. The van der Waals surface area contributed by atoms with Gasteiger partial charge in [0, 0.05) is 36.6 Å². The highest BCUT2D eigenvalue weighted by Gasteiger charge is 2.45. The van der Waals surface area contributed by atoms with Crippen LogP contribution in [0.5, 0.6) is 0 Å². The van der Waals surface area contributed by atoms with Gasteiger partial charge in [-0.2, -0.15) is 20.0 Å². The fraction of sp³-hybridized carbons (Fsp3) is 0.304. The monoisotopic (exact) mass is 448 g/mol. The summed E-state index contributed by atoms with van der Waals surface area (Å²) in [5, 5.41) is 9.06. The SMILES string of the molecule is Cc1ccc(-n2nccn2)c(C(=O)N2CC[C@H]3CN(c4nc5ccc(Cl)cc5o4)[C@H]3C2)c1. The second kappa shape index (κ2) is 7.34. The number of likely N-dealkylation sites (tertiary alicyclic amines) is 1. The fourth-order valence-electron chi connectivity index (χ4n) is 4.72. The Labute approximate surface area is 189 Å². The first-order valence-electron chi connectivity index (χ1n) is 10.7. The summed E-state index contributed by atoms with van der Waals surface area (Å²) in [6.07, 6.45) is 4.18. The van der Waals surface area contributed by atoms with Gasteiger partial charge in [0.25, 0.3) is 11.9 Å². The van der Waals surface area contributed by atoms with Gasteiger partial charge in [-0.25, -0.2) is 0 Å². The Morgan fingerprint density at radius 2 is 1.97 bits per heavy atom. The van der Waals surface area contributed by atoms with E-state index in [0.717, 1.165) is 30.6 Å². The number of carbonyl (C=O) groups is 1. The van der Waals surface area contributed by atoms with Crippen molar-refractivity contribution in [2.45, 2.75) is 19.4 Å². The Kier molecular flexibility index (Phi) is 4.43. The summed E-state index contributed by atoms with van der Waals surface area (Å²) in [7, 11) is 0. The van der Waals surface area contributed by atoms with E-state index in [4.69, 9.17) is 16.0 Å². The minimum Gasteiger partial charge on any atom is -0.423 e. The third kappa shape index (κ3) is 3.14. The summed E-state index contributed by atoms with van der Waals surface area (Å²) in [6, 6.07) is 12.0. The van der Waals surface area contributed by atoms with Crippen LogP contribution in [0.25, 0.3) is 16.8 Å². The number of fused-ring (bicyclic) bond motifs is 2. The number of halogens is 1. The summed E-state index contributed by atoms with van der Waals surface area (Å²) in [5.41, 5.74) is 3.79. The molecule has 0 N–H and O–H groups in total. The summed E-state index contributed by atoms with van der Waals surface area (Å²) < 4.78 is 5.97. The van der Waals surface area contributed by atoms with Crippen LogP contribution in [0.2, 0.25) is 5.02 Å². The maximum Gasteiger partial charge on any atom is 0.298 e. The van der Waals surface area contributed by atoms with Crippen molar-refractivity contribution in [1.29, 1.82) is 0 Å². The third-order valence-corrected chi connectivity index (χ3v) is 6.68. The highest BCUT2D eigenvalue weighted by atomic mass is 35.5. The number of anilines is 1. The number of benzene rings is 2. The number of carbonyl (C=O) groups excluding carboxylic acids is 1. The van der Waals surface area contributed by atoms with Gasteiger partial charge in [-0.3, -0.25) is 4.79 Å². The first kappa shape index (κ1) is 19.3. The second-order valence-electron chi connectivity index (χ2n) is 8.47. The zero-order chi connectivity index (χ0) is 21.8. The number of aryl methyl sites for hydroxylation is 1. The Bertz CT molecular complexity index is 1320. The first-order valence-corrected chi connectivity index (χ1v) is 11.0. The quantitative estimate of drug-likeness (QED) is 0.475. The van der Waals surface area contributed by atoms with Crippen molar-refractivity contribution in [2.24, 2.45) is 5.92 Å². The molecule has 1 amide bonds. The first-order chi connectivity index (χ1) is 15.6. The molecular weight excluding hydrogens is 428 g/mol. The molecule has 0 unspecified atom stereocenters. The largest absolute Gasteiger partial charge is 0.423 e. The summed E-state index contributed by atoms with van der Waals surface area (Å²) in [6.45, 7) is 4.23. The van der Waals surface area contributed by atoms with E-state index in [-0.39, 0.29) is 11.9 Å². The van der Waals surface area contributed by atoms with Gasteiger partial charge in [0.2, 0.25) is 0 Å². The van der Waals surface area contributed by atoms with E-state index < -0.39 is 0 Å². The fourth-order valence-corrected chi connectivity index (χ4v) is 4.88. The molecular formula is C23H21ClN6O2. The van der Waals surface area contributed by atoms with Gasteiger partial charge in [0.15, 0.2) is 5.58 Å². The topological polar surface area (TPSA) is 80.3 Å². The van der Waals surface area contributed by atoms with Crippen LogP contribution >= 0.6 is 11.6 Å². The molecule has 2 aromatic heterocycles. The molecule has 8 nitrogen and oxygen atoms in total. The lowest BCUT2D eigenvalue weighted by Gasteiger charge is -2.52. The number of oxazole rings is 1. The minimum absolute atomic E-state index is 0.00403. The molecule has 2 saturated heterocycles. The molecule has 0 aliphatic carbocycles. The zero-order valence-corrected chi connectivity index (χ0v) is 18.2. The number of hydrogen-bond acceptors (Lipinski definition) is 6. The standard InChI is InChI=1S/C23H21ClN6O2/c1-14-2-5-19(30-25-7-8-26-30)17(10-14)22(31)28-9-6-15-12-29(20(15)13-28)23-27-18-4-3-16(24)11-21(18)32-23/h2-5,7-8,10-11,15,20H,6,9,12-13H2,1H3/t15-,20-/m0/s1. The molecule has 9 heteroatoms. The van der Waals surface area contributed by atoms with Crippen molar-refractivity contribution in [3.05, 3.63) is 64.9 Å². The lowest BCUT2D eigenvalue weighted by molar-refractivity contribution is 0.0583. The van der Waals surface area contributed by atoms with Gasteiger partial charge in [0.1, 0.15) is 5.52 Å². The van der Waals surface area contributed by atoms with Gasteiger partial charge in [-0.15, -0.1) is 0 Å². The molecule has 0 saturated carbocycles. The van der Waals surface area contributed by atoms with Gasteiger partial charge in [0.05, 0.1) is 29.7 Å². The number of piperidine rings is 1. The molecule has 2 atom stereocenters. The maximum absolute atomic E-state index is 13.6. The molecule has 0 spiro atoms. The van der Waals surface area contributed by atoms with E-state index in [9.17, 15) is 4.79 Å². The molecule has 4 heterocycles. The molecule has 4 aromatic rings. The third-order valence-electron chi connectivity index (χ3n) is 6.44. The number of rotatable bonds is 3. The predicted octanol–water partition coefficient (Wildman–Crippen LogP) is 3.72. The van der Waals surface area contributed by atoms with Crippen molar-refractivity contribution < 1.29 is 9.21 Å². The molecule has 0 bridgehead atoms. The van der Waals surface area contributed by atoms with Crippen molar-refractivity contribution in [1.82, 2.24) is 24.9 Å². The molecule has 6 rings (SSSR count). The molecule has 2 aromatic carbocycles. The molecule has 162 valence electrons. The van der Waals surface area contributed by atoms with Crippen LogP contribution in [-0.4, -0.2) is 56.5 Å². The maximum atomic E-state index is 13.6. The van der Waals surface area contributed by atoms with Gasteiger partial charge in [-0.1, -0.05) is 23.2 Å². The average Bonchev–Trinajstić information content (AvgIpc) is 3.44. The lowest BCUT2D eigenvalue weighted by atomic mass is 9.82. The Morgan fingerprint density at radius 3 is 2.81 bits per heavy atom. The minimum atomic E-state index is -0.00403. The average molecular weight is 449 g/mol. The number of nitrogens with zero attached hydrogens (tertiary/aromatic N) is 6. The van der Waals surface area contributed by atoms with Gasteiger partial charge in [-0.05, 0) is 37.6 Å². The summed E-state index contributed by atoms with van der Waals surface area (Å²) in [5.74, 6) is 0.526. The van der Waals surface area contributed by atoms with Crippen LogP contribution < -0.4 is 4.90 Å². The van der Waals surface area contributed by atoms with E-state index in [1.807, 2.05) is 42.2 Å². The number of hydrogen-bond donors (Lipinski definition) is 0. The molecule has 0 radical (unpaired) electrons. The van der Waals surface area contributed by atoms with E-state index in [2.05, 4.69) is 20.1 Å². The van der Waals surface area contributed by atoms with Crippen molar-refractivity contribution in [3.8, 4) is 5.69 Å². The molecule has 2 fully saturated rings. The summed E-state index contributed by atoms with van der Waals surface area (Å²) >= 11 is 6.08. The Hall–Kier alpha value is -3.39. The Morgan fingerprint density at radius 1 is 1.12 bits per heavy atom. The Balaban J connectivity index is 1.26. The van der Waals surface area contributed by atoms with Crippen LogP contribution in [0.3, 0.4) is 0 Å². The van der Waals surface area contributed by atoms with Crippen LogP contribution in [0, 0.1) is 12.8 Å². The van der Waals surface area contributed by atoms with Crippen LogP contribution in [-0.2, 0) is 0 Å². The molecule has 2 aliphatic rings. The number of aromatic nitrogens is 4. The van der Waals surface area contributed by atoms with E-state index in [0.29, 0.717) is 40.3 Å². The number of amides is 1. The smallest absolute Gasteiger partial charge is 0.298 e. The van der Waals surface area contributed by atoms with Crippen molar-refractivity contribution >= 4 is 34.6 Å². The van der Waals surface area contributed by atoms with E-state index >= 15 is 0 Å². The van der Waals surface area contributed by atoms with Gasteiger partial charge >= 0.3 is 0 Å².